The molecule has 7 heteroatoms. The van der Waals surface area contributed by atoms with Crippen molar-refractivity contribution in [3.8, 4) is 0 Å². The number of amides is 1. The standard InChI is InChI=1S/C13H21NO6/c1-4-20-12(16)7-9(8-18-2)14-10(13(17)19-3)5-6-11(14)15/h9-10H,4-8H2,1-3H3. The third kappa shape index (κ3) is 3.93. The maximum absolute atomic E-state index is 12.0. The molecule has 0 aliphatic carbocycles. The van der Waals surface area contributed by atoms with Crippen LogP contribution in [0.1, 0.15) is 26.2 Å². The lowest BCUT2D eigenvalue weighted by Gasteiger charge is -2.30. The van der Waals surface area contributed by atoms with Gasteiger partial charge in [0.1, 0.15) is 6.04 Å². The first-order valence-electron chi connectivity index (χ1n) is 6.58. The molecular formula is C13H21NO6. The average Bonchev–Trinajstić information content (AvgIpc) is 2.79. The van der Waals surface area contributed by atoms with E-state index in [0.717, 1.165) is 0 Å². The van der Waals surface area contributed by atoms with Crippen molar-refractivity contribution in [2.45, 2.75) is 38.3 Å². The van der Waals surface area contributed by atoms with Crippen LogP contribution in [0.25, 0.3) is 0 Å². The molecule has 1 aliphatic rings. The lowest BCUT2D eigenvalue weighted by Crippen LogP contribution is -2.48. The summed E-state index contributed by atoms with van der Waals surface area (Å²) in [6, 6.07) is -1.17. The summed E-state index contributed by atoms with van der Waals surface area (Å²) in [4.78, 5) is 36.7. The van der Waals surface area contributed by atoms with Gasteiger partial charge in [-0.05, 0) is 13.3 Å². The van der Waals surface area contributed by atoms with Gasteiger partial charge >= 0.3 is 11.9 Å². The fourth-order valence-electron chi connectivity index (χ4n) is 2.37. The second-order valence-corrected chi connectivity index (χ2v) is 4.50. The molecule has 20 heavy (non-hydrogen) atoms. The van der Waals surface area contributed by atoms with Gasteiger partial charge in [0.25, 0.3) is 0 Å². The zero-order valence-electron chi connectivity index (χ0n) is 12.1. The van der Waals surface area contributed by atoms with Crippen molar-refractivity contribution in [2.24, 2.45) is 0 Å². The smallest absolute Gasteiger partial charge is 0.328 e. The van der Waals surface area contributed by atoms with E-state index in [1.54, 1.807) is 6.92 Å². The Bertz CT molecular complexity index is 370. The molecule has 2 unspecified atom stereocenters. The van der Waals surface area contributed by atoms with Gasteiger partial charge in [-0.3, -0.25) is 9.59 Å². The van der Waals surface area contributed by atoms with Crippen LogP contribution in [-0.2, 0) is 28.6 Å². The minimum Gasteiger partial charge on any atom is -0.467 e. The molecule has 1 aliphatic heterocycles. The van der Waals surface area contributed by atoms with Gasteiger partial charge in [-0.25, -0.2) is 4.79 Å². The van der Waals surface area contributed by atoms with E-state index in [-0.39, 0.29) is 32.0 Å². The van der Waals surface area contributed by atoms with Crippen LogP contribution in [0.5, 0.6) is 0 Å². The minimum absolute atomic E-state index is 0.000907. The molecule has 114 valence electrons. The Labute approximate surface area is 118 Å². The third-order valence-electron chi connectivity index (χ3n) is 3.19. The lowest BCUT2D eigenvalue weighted by atomic mass is 10.1. The number of nitrogens with zero attached hydrogens (tertiary/aromatic N) is 1. The molecule has 0 aromatic rings. The van der Waals surface area contributed by atoms with Crippen molar-refractivity contribution in [1.82, 2.24) is 4.90 Å². The van der Waals surface area contributed by atoms with E-state index in [9.17, 15) is 14.4 Å². The highest BCUT2D eigenvalue weighted by Gasteiger charge is 2.41. The molecule has 7 nitrogen and oxygen atoms in total. The Morgan fingerprint density at radius 2 is 2.10 bits per heavy atom. The Hall–Kier alpha value is -1.63. The van der Waals surface area contributed by atoms with E-state index in [1.807, 2.05) is 0 Å². The highest BCUT2D eigenvalue weighted by molar-refractivity contribution is 5.88. The molecule has 1 fully saturated rings. The van der Waals surface area contributed by atoms with E-state index >= 15 is 0 Å². The Morgan fingerprint density at radius 1 is 1.40 bits per heavy atom. The van der Waals surface area contributed by atoms with Crippen LogP contribution < -0.4 is 0 Å². The summed E-state index contributed by atoms with van der Waals surface area (Å²) >= 11 is 0. The SMILES string of the molecule is CCOC(=O)CC(COC)N1C(=O)CCC1C(=O)OC. The summed E-state index contributed by atoms with van der Waals surface area (Å²) in [5.74, 6) is -1.06. The first kappa shape index (κ1) is 16.4. The van der Waals surface area contributed by atoms with Gasteiger partial charge in [0.15, 0.2) is 0 Å². The van der Waals surface area contributed by atoms with Crippen LogP contribution >= 0.6 is 0 Å². The van der Waals surface area contributed by atoms with Gasteiger partial charge in [-0.15, -0.1) is 0 Å². The van der Waals surface area contributed by atoms with Gasteiger partial charge in [-0.2, -0.15) is 0 Å². The van der Waals surface area contributed by atoms with E-state index in [0.29, 0.717) is 6.42 Å². The quantitative estimate of drug-likeness (QED) is 0.619. The van der Waals surface area contributed by atoms with Crippen molar-refractivity contribution >= 4 is 17.8 Å². The van der Waals surface area contributed by atoms with Crippen LogP contribution in [0, 0.1) is 0 Å². The number of hydrogen-bond acceptors (Lipinski definition) is 6. The average molecular weight is 287 g/mol. The molecule has 0 aromatic carbocycles. The van der Waals surface area contributed by atoms with Gasteiger partial charge in [0.05, 0.1) is 32.8 Å². The second-order valence-electron chi connectivity index (χ2n) is 4.50. The number of rotatable bonds is 7. The number of methoxy groups -OCH3 is 2. The molecule has 0 radical (unpaired) electrons. The number of ether oxygens (including phenoxy) is 3. The summed E-state index contributed by atoms with van der Waals surface area (Å²) in [5.41, 5.74) is 0. The maximum Gasteiger partial charge on any atom is 0.328 e. The Kier molecular flexibility index (Phi) is 6.44. The zero-order chi connectivity index (χ0) is 15.1. The first-order chi connectivity index (χ1) is 9.54. The van der Waals surface area contributed by atoms with Gasteiger partial charge < -0.3 is 19.1 Å². The number of carbonyl (C=O) groups is 3. The predicted octanol–water partition coefficient (Wildman–Crippen LogP) is 0.119. The number of likely N-dealkylation sites (tertiary alicyclic amines) is 1. The number of esters is 2. The van der Waals surface area contributed by atoms with E-state index < -0.39 is 24.0 Å². The molecule has 0 saturated carbocycles. The fourth-order valence-corrected chi connectivity index (χ4v) is 2.37. The molecular weight excluding hydrogens is 266 g/mol. The highest BCUT2D eigenvalue weighted by Crippen LogP contribution is 2.24. The number of hydrogen-bond donors (Lipinski definition) is 0. The van der Waals surface area contributed by atoms with Crippen LogP contribution in [0.15, 0.2) is 0 Å². The molecule has 1 heterocycles. The molecule has 0 aromatic heterocycles. The Morgan fingerprint density at radius 3 is 2.65 bits per heavy atom. The molecule has 2 atom stereocenters. The van der Waals surface area contributed by atoms with Crippen molar-refractivity contribution in [3.05, 3.63) is 0 Å². The first-order valence-corrected chi connectivity index (χ1v) is 6.58. The topological polar surface area (TPSA) is 82.1 Å². The summed E-state index contributed by atoms with van der Waals surface area (Å²) in [6.07, 6.45) is 0.665. The molecule has 0 bridgehead atoms. The number of carbonyl (C=O) groups excluding carboxylic acids is 3. The van der Waals surface area contributed by atoms with Gasteiger partial charge in [-0.1, -0.05) is 0 Å². The zero-order valence-corrected chi connectivity index (χ0v) is 12.1. The summed E-state index contributed by atoms with van der Waals surface area (Å²) in [6.45, 7) is 2.15. The third-order valence-corrected chi connectivity index (χ3v) is 3.19. The van der Waals surface area contributed by atoms with Gasteiger partial charge in [0.2, 0.25) is 5.91 Å². The Balaban J connectivity index is 2.83. The molecule has 0 spiro atoms. The lowest BCUT2D eigenvalue weighted by molar-refractivity contribution is -0.154. The molecule has 0 N–H and O–H groups in total. The monoisotopic (exact) mass is 287 g/mol. The molecule has 1 rings (SSSR count). The highest BCUT2D eigenvalue weighted by atomic mass is 16.5. The van der Waals surface area contributed by atoms with Crippen LogP contribution in [0.4, 0.5) is 0 Å². The largest absolute Gasteiger partial charge is 0.467 e. The van der Waals surface area contributed by atoms with Crippen LogP contribution in [-0.4, -0.2) is 62.3 Å². The molecule has 1 saturated heterocycles. The summed E-state index contributed by atoms with van der Waals surface area (Å²) in [7, 11) is 2.76. The normalized spacial score (nSPS) is 19.9. The fraction of sp³-hybridized carbons (Fsp3) is 0.769. The van der Waals surface area contributed by atoms with Crippen molar-refractivity contribution in [3.63, 3.8) is 0 Å². The summed E-state index contributed by atoms with van der Waals surface area (Å²) in [5, 5.41) is 0. The van der Waals surface area contributed by atoms with Crippen molar-refractivity contribution in [1.29, 1.82) is 0 Å². The van der Waals surface area contributed by atoms with E-state index in [2.05, 4.69) is 0 Å². The van der Waals surface area contributed by atoms with Crippen molar-refractivity contribution in [2.75, 3.05) is 27.4 Å². The second kappa shape index (κ2) is 7.84. The predicted molar refractivity (Wildman–Crippen MR) is 68.8 cm³/mol. The minimum atomic E-state index is -0.651. The van der Waals surface area contributed by atoms with Gasteiger partial charge in [0, 0.05) is 13.5 Å². The van der Waals surface area contributed by atoms with Crippen LogP contribution in [0.3, 0.4) is 0 Å². The summed E-state index contributed by atoms with van der Waals surface area (Å²) < 4.78 is 14.6. The van der Waals surface area contributed by atoms with E-state index in [4.69, 9.17) is 14.2 Å². The van der Waals surface area contributed by atoms with E-state index in [1.165, 1.54) is 19.1 Å². The maximum atomic E-state index is 12.0. The molecule has 1 amide bonds. The van der Waals surface area contributed by atoms with Crippen molar-refractivity contribution < 1.29 is 28.6 Å². The van der Waals surface area contributed by atoms with Crippen LogP contribution in [0.2, 0.25) is 0 Å².